The van der Waals surface area contributed by atoms with E-state index in [1.54, 1.807) is 36.4 Å². The SMILES string of the molecule is O=C(O)c1ccc2nc(-c3ccc(F)cc3)c(N3CCCc4cc([SH](=O)=O)ccc43)nc2c1. The van der Waals surface area contributed by atoms with Crippen LogP contribution in [0.5, 0.6) is 0 Å². The van der Waals surface area contributed by atoms with Crippen molar-refractivity contribution < 1.29 is 22.7 Å². The molecule has 3 aromatic carbocycles. The molecule has 0 saturated heterocycles. The highest BCUT2D eigenvalue weighted by Crippen LogP contribution is 2.38. The molecule has 0 aliphatic carbocycles. The highest BCUT2D eigenvalue weighted by molar-refractivity contribution is 7.72. The lowest BCUT2D eigenvalue weighted by Gasteiger charge is -2.32. The molecule has 1 aliphatic heterocycles. The Balaban J connectivity index is 1.74. The first-order valence-corrected chi connectivity index (χ1v) is 11.4. The molecule has 0 saturated carbocycles. The number of benzene rings is 3. The molecule has 0 spiro atoms. The van der Waals surface area contributed by atoms with Crippen LogP contribution in [0.1, 0.15) is 22.3 Å². The summed E-state index contributed by atoms with van der Waals surface area (Å²) in [5, 5.41) is 9.38. The molecule has 0 atom stereocenters. The number of carboxylic acids is 1. The molecule has 0 fully saturated rings. The minimum absolute atomic E-state index is 0.0974. The molecule has 0 unspecified atom stereocenters. The molecule has 1 aliphatic rings. The molecule has 9 heteroatoms. The monoisotopic (exact) mass is 463 g/mol. The second-order valence-electron chi connectivity index (χ2n) is 7.74. The maximum absolute atomic E-state index is 13.6. The number of rotatable bonds is 4. The van der Waals surface area contributed by atoms with Crippen LogP contribution < -0.4 is 4.90 Å². The first-order valence-electron chi connectivity index (χ1n) is 10.3. The number of hydrogen-bond acceptors (Lipinski definition) is 6. The largest absolute Gasteiger partial charge is 0.478 e. The molecule has 0 radical (unpaired) electrons. The van der Waals surface area contributed by atoms with Gasteiger partial charge in [-0.15, -0.1) is 0 Å². The van der Waals surface area contributed by atoms with Gasteiger partial charge < -0.3 is 10.0 Å². The van der Waals surface area contributed by atoms with E-state index in [-0.39, 0.29) is 16.3 Å². The number of aromatic carboxylic acids is 1. The molecule has 4 aromatic rings. The van der Waals surface area contributed by atoms with Crippen molar-refractivity contribution in [3.8, 4) is 11.3 Å². The Labute approximate surface area is 190 Å². The first-order chi connectivity index (χ1) is 15.9. The number of carbonyl (C=O) groups is 1. The van der Waals surface area contributed by atoms with Crippen LogP contribution in [0, 0.1) is 5.82 Å². The van der Waals surface area contributed by atoms with Crippen LogP contribution >= 0.6 is 0 Å². The van der Waals surface area contributed by atoms with Crippen LogP contribution in [0.4, 0.5) is 15.9 Å². The van der Waals surface area contributed by atoms with E-state index in [1.807, 2.05) is 4.90 Å². The smallest absolute Gasteiger partial charge is 0.335 e. The molecule has 7 nitrogen and oxygen atoms in total. The Bertz CT molecular complexity index is 1480. The number of halogens is 1. The summed E-state index contributed by atoms with van der Waals surface area (Å²) >= 11 is 0. The van der Waals surface area contributed by atoms with Gasteiger partial charge in [0.05, 0.1) is 21.5 Å². The van der Waals surface area contributed by atoms with Crippen LogP contribution in [0.15, 0.2) is 65.6 Å². The summed E-state index contributed by atoms with van der Waals surface area (Å²) in [6.07, 6.45) is 1.49. The molecular formula is C24H18FN3O4S. The van der Waals surface area contributed by atoms with Gasteiger partial charge in [-0.25, -0.2) is 27.6 Å². The molecule has 2 heterocycles. The molecule has 5 rings (SSSR count). The fourth-order valence-corrected chi connectivity index (χ4v) is 4.54. The van der Waals surface area contributed by atoms with Crippen LogP contribution in [0.2, 0.25) is 0 Å². The number of hydrogen-bond donors (Lipinski definition) is 2. The maximum Gasteiger partial charge on any atom is 0.335 e. The van der Waals surface area contributed by atoms with E-state index >= 15 is 0 Å². The average molecular weight is 463 g/mol. The second-order valence-corrected chi connectivity index (χ2v) is 8.77. The summed E-state index contributed by atoms with van der Waals surface area (Å²) in [4.78, 5) is 23.2. The number of aromatic nitrogens is 2. The zero-order valence-electron chi connectivity index (χ0n) is 17.2. The van der Waals surface area contributed by atoms with Gasteiger partial charge in [-0.2, -0.15) is 0 Å². The van der Waals surface area contributed by atoms with Crippen molar-refractivity contribution >= 4 is 39.2 Å². The van der Waals surface area contributed by atoms with E-state index in [2.05, 4.69) is 0 Å². The van der Waals surface area contributed by atoms with Gasteiger partial charge in [-0.3, -0.25) is 0 Å². The molecular weight excluding hydrogens is 445 g/mol. The number of carboxylic acid groups (broad SMARTS) is 1. The third kappa shape index (κ3) is 3.91. The number of thiol groups is 1. The Morgan fingerprint density at radius 3 is 2.48 bits per heavy atom. The van der Waals surface area contributed by atoms with Gasteiger partial charge in [0.1, 0.15) is 11.5 Å². The van der Waals surface area contributed by atoms with Crippen molar-refractivity contribution in [3.05, 3.63) is 77.6 Å². The van der Waals surface area contributed by atoms with Gasteiger partial charge in [0, 0.05) is 17.8 Å². The van der Waals surface area contributed by atoms with Gasteiger partial charge in [0.25, 0.3) is 0 Å². The van der Waals surface area contributed by atoms with E-state index in [9.17, 15) is 22.7 Å². The fraction of sp³-hybridized carbons (Fsp3) is 0.125. The molecule has 0 amide bonds. The fourth-order valence-electron chi connectivity index (χ4n) is 4.08. The van der Waals surface area contributed by atoms with Gasteiger partial charge >= 0.3 is 5.97 Å². The number of anilines is 2. The third-order valence-electron chi connectivity index (χ3n) is 5.66. The molecule has 1 N–H and O–H groups in total. The van der Waals surface area contributed by atoms with Crippen LogP contribution in [-0.2, 0) is 17.1 Å². The summed E-state index contributed by atoms with van der Waals surface area (Å²) in [5.74, 6) is -0.940. The minimum atomic E-state index is -2.70. The lowest BCUT2D eigenvalue weighted by Crippen LogP contribution is -2.26. The van der Waals surface area contributed by atoms with E-state index in [4.69, 9.17) is 9.97 Å². The summed E-state index contributed by atoms with van der Waals surface area (Å²) in [6.45, 7) is 0.614. The maximum atomic E-state index is 13.6. The Morgan fingerprint density at radius 1 is 0.970 bits per heavy atom. The predicted molar refractivity (Wildman–Crippen MR) is 122 cm³/mol. The summed E-state index contributed by atoms with van der Waals surface area (Å²) in [5.41, 5.74) is 3.91. The normalized spacial score (nSPS) is 13.3. The summed E-state index contributed by atoms with van der Waals surface area (Å²) < 4.78 is 36.5. The quantitative estimate of drug-likeness (QED) is 0.438. The first kappa shape index (κ1) is 21.0. The van der Waals surface area contributed by atoms with E-state index < -0.39 is 16.7 Å². The average Bonchev–Trinajstić information content (AvgIpc) is 2.82. The Morgan fingerprint density at radius 2 is 1.76 bits per heavy atom. The second kappa shape index (κ2) is 8.25. The zero-order chi connectivity index (χ0) is 23.1. The van der Waals surface area contributed by atoms with Crippen LogP contribution in [0.25, 0.3) is 22.3 Å². The molecule has 1 aromatic heterocycles. The van der Waals surface area contributed by atoms with E-state index in [1.165, 1.54) is 24.3 Å². The highest BCUT2D eigenvalue weighted by atomic mass is 32.2. The molecule has 33 heavy (non-hydrogen) atoms. The molecule has 166 valence electrons. The van der Waals surface area contributed by atoms with Crippen LogP contribution in [0.3, 0.4) is 0 Å². The van der Waals surface area contributed by atoms with Gasteiger partial charge in [0.15, 0.2) is 16.5 Å². The lowest BCUT2D eigenvalue weighted by atomic mass is 10.0. The van der Waals surface area contributed by atoms with Gasteiger partial charge in [-0.05, 0) is 79.1 Å². The zero-order valence-corrected chi connectivity index (χ0v) is 18.1. The van der Waals surface area contributed by atoms with Crippen molar-refractivity contribution in [3.63, 3.8) is 0 Å². The summed E-state index contributed by atoms with van der Waals surface area (Å²) in [7, 11) is -2.70. The lowest BCUT2D eigenvalue weighted by molar-refractivity contribution is 0.0697. The highest BCUT2D eigenvalue weighted by Gasteiger charge is 2.24. The number of aryl methyl sites for hydroxylation is 1. The van der Waals surface area contributed by atoms with Crippen molar-refractivity contribution in [1.29, 1.82) is 0 Å². The van der Waals surface area contributed by atoms with Crippen molar-refractivity contribution in [2.45, 2.75) is 17.7 Å². The number of nitrogens with zero attached hydrogens (tertiary/aromatic N) is 3. The van der Waals surface area contributed by atoms with Crippen molar-refractivity contribution in [2.75, 3.05) is 11.4 Å². The van der Waals surface area contributed by atoms with Crippen LogP contribution in [-0.4, -0.2) is 36.0 Å². The van der Waals surface area contributed by atoms with Gasteiger partial charge in [0.2, 0.25) is 0 Å². The topological polar surface area (TPSA) is 100 Å². The van der Waals surface area contributed by atoms with Crippen molar-refractivity contribution in [1.82, 2.24) is 9.97 Å². The van der Waals surface area contributed by atoms with E-state index in [0.717, 1.165) is 24.1 Å². The Hall–Kier alpha value is -3.85. The standard InChI is InChI=1S/C24H18FN3O4S/c25-17-6-3-14(4-7-17)22-23(27-20-13-16(24(29)30)5-9-19(20)26-22)28-11-1-2-15-12-18(33(31)32)8-10-21(15)28/h3-10,12-13,33H,1-2,11H2,(H,29,30). The molecule has 0 bridgehead atoms. The third-order valence-corrected chi connectivity index (χ3v) is 6.36. The van der Waals surface area contributed by atoms with E-state index in [0.29, 0.717) is 34.7 Å². The van der Waals surface area contributed by atoms with Crippen molar-refractivity contribution in [2.24, 2.45) is 0 Å². The predicted octanol–water partition coefficient (Wildman–Crippen LogP) is 4.19. The Kier molecular flexibility index (Phi) is 5.26. The van der Waals surface area contributed by atoms with Gasteiger partial charge in [-0.1, -0.05) is 0 Å². The summed E-state index contributed by atoms with van der Waals surface area (Å²) in [6, 6.07) is 15.5. The minimum Gasteiger partial charge on any atom is -0.478 e. The number of fused-ring (bicyclic) bond motifs is 2.